The number of para-hydroxylation sites is 2. The van der Waals surface area contributed by atoms with Crippen molar-refractivity contribution in [3.8, 4) is 11.5 Å². The first kappa shape index (κ1) is 22.2. The van der Waals surface area contributed by atoms with E-state index in [1.54, 1.807) is 25.1 Å². The fraction of sp³-hybridized carbons (Fsp3) is 0.381. The number of nitrogens with one attached hydrogen (secondary N) is 1. The van der Waals surface area contributed by atoms with Gasteiger partial charge in [-0.1, -0.05) is 29.8 Å². The molecular formula is C21H25ClN2O5S. The second-order valence-electron chi connectivity index (χ2n) is 7.12. The number of carbonyl (C=O) groups excluding carboxylic acids is 1. The van der Waals surface area contributed by atoms with Crippen LogP contribution in [-0.4, -0.2) is 46.4 Å². The summed E-state index contributed by atoms with van der Waals surface area (Å²) < 4.78 is 37.2. The van der Waals surface area contributed by atoms with Gasteiger partial charge in [-0.05, 0) is 43.2 Å². The molecule has 0 saturated heterocycles. The molecule has 1 aliphatic heterocycles. The van der Waals surface area contributed by atoms with Gasteiger partial charge in [0, 0.05) is 18.0 Å². The maximum absolute atomic E-state index is 12.3. The van der Waals surface area contributed by atoms with Gasteiger partial charge in [-0.3, -0.25) is 9.10 Å². The van der Waals surface area contributed by atoms with E-state index in [-0.39, 0.29) is 25.0 Å². The summed E-state index contributed by atoms with van der Waals surface area (Å²) in [6.07, 6.45) is 1.43. The Morgan fingerprint density at radius 1 is 1.20 bits per heavy atom. The minimum absolute atomic E-state index is 0.172. The molecule has 0 bridgehead atoms. The van der Waals surface area contributed by atoms with Crippen molar-refractivity contribution >= 4 is 33.2 Å². The molecule has 0 aromatic heterocycles. The zero-order chi connectivity index (χ0) is 21.7. The van der Waals surface area contributed by atoms with Crippen molar-refractivity contribution < 1.29 is 22.7 Å². The Balaban J connectivity index is 1.50. The van der Waals surface area contributed by atoms with Gasteiger partial charge in [0.15, 0.2) is 11.5 Å². The normalized spacial score (nSPS) is 15.5. The predicted octanol–water partition coefficient (Wildman–Crippen LogP) is 3.15. The van der Waals surface area contributed by atoms with Gasteiger partial charge >= 0.3 is 0 Å². The van der Waals surface area contributed by atoms with Crippen molar-refractivity contribution in [2.45, 2.75) is 25.9 Å². The molecule has 162 valence electrons. The molecule has 0 radical (unpaired) electrons. The van der Waals surface area contributed by atoms with Gasteiger partial charge in [-0.25, -0.2) is 8.42 Å². The molecule has 1 amide bonds. The Bertz CT molecular complexity index is 1010. The zero-order valence-electron chi connectivity index (χ0n) is 16.9. The minimum atomic E-state index is -3.51. The Kier molecular flexibility index (Phi) is 7.10. The fourth-order valence-electron chi connectivity index (χ4n) is 3.19. The van der Waals surface area contributed by atoms with Crippen molar-refractivity contribution in [2.75, 3.05) is 30.3 Å². The summed E-state index contributed by atoms with van der Waals surface area (Å²) in [5.74, 6) is 1.18. The van der Waals surface area contributed by atoms with E-state index in [1.165, 1.54) is 4.31 Å². The lowest BCUT2D eigenvalue weighted by atomic mass is 10.2. The predicted molar refractivity (Wildman–Crippen MR) is 117 cm³/mol. The largest absolute Gasteiger partial charge is 0.486 e. The van der Waals surface area contributed by atoms with Crippen LogP contribution in [0.5, 0.6) is 11.5 Å². The lowest BCUT2D eigenvalue weighted by Gasteiger charge is -2.26. The molecule has 1 heterocycles. The first-order valence-corrected chi connectivity index (χ1v) is 11.9. The molecule has 2 aromatic rings. The summed E-state index contributed by atoms with van der Waals surface area (Å²) in [4.78, 5) is 12.2. The van der Waals surface area contributed by atoms with Crippen LogP contribution in [0.15, 0.2) is 42.5 Å². The number of rotatable bonds is 8. The summed E-state index contributed by atoms with van der Waals surface area (Å²) in [6.45, 7) is 2.63. The highest BCUT2D eigenvalue weighted by molar-refractivity contribution is 7.92. The van der Waals surface area contributed by atoms with Gasteiger partial charge in [-0.15, -0.1) is 0 Å². The molecule has 0 unspecified atom stereocenters. The highest BCUT2D eigenvalue weighted by atomic mass is 35.5. The molecule has 1 aliphatic rings. The van der Waals surface area contributed by atoms with Crippen molar-refractivity contribution in [3.05, 3.63) is 53.1 Å². The minimum Gasteiger partial charge on any atom is -0.486 e. The van der Waals surface area contributed by atoms with Gasteiger partial charge in [0.05, 0.1) is 18.5 Å². The third-order valence-electron chi connectivity index (χ3n) is 4.77. The van der Waals surface area contributed by atoms with E-state index in [9.17, 15) is 13.2 Å². The van der Waals surface area contributed by atoms with Crippen molar-refractivity contribution in [2.24, 2.45) is 0 Å². The second kappa shape index (κ2) is 9.57. The number of hydrogen-bond acceptors (Lipinski definition) is 5. The third kappa shape index (κ3) is 5.58. The maximum Gasteiger partial charge on any atom is 0.232 e. The highest BCUT2D eigenvalue weighted by Crippen LogP contribution is 2.31. The van der Waals surface area contributed by atoms with E-state index >= 15 is 0 Å². The molecule has 7 nitrogen and oxygen atoms in total. The number of carbonyl (C=O) groups is 1. The lowest BCUT2D eigenvalue weighted by Crippen LogP contribution is -2.41. The molecule has 1 atom stereocenters. The van der Waals surface area contributed by atoms with Crippen LogP contribution in [0.25, 0.3) is 0 Å². The summed E-state index contributed by atoms with van der Waals surface area (Å²) in [5.41, 5.74) is 1.21. The average Bonchev–Trinajstić information content (AvgIpc) is 2.71. The van der Waals surface area contributed by atoms with Crippen molar-refractivity contribution in [1.82, 2.24) is 5.32 Å². The highest BCUT2D eigenvalue weighted by Gasteiger charge is 2.22. The number of fused-ring (bicyclic) bond motifs is 1. The van der Waals surface area contributed by atoms with E-state index in [0.29, 0.717) is 47.3 Å². The SMILES string of the molecule is Cc1c(Cl)cccc1N(CCCC(=O)NC[C@H]1COc2ccccc2O1)S(C)(=O)=O. The number of hydrogen-bond donors (Lipinski definition) is 1. The molecule has 0 saturated carbocycles. The van der Waals surface area contributed by atoms with Gasteiger partial charge in [0.1, 0.15) is 12.7 Å². The van der Waals surface area contributed by atoms with Crippen LogP contribution >= 0.6 is 11.6 Å². The van der Waals surface area contributed by atoms with Gasteiger partial charge in [0.25, 0.3) is 0 Å². The lowest BCUT2D eigenvalue weighted by molar-refractivity contribution is -0.121. The first-order valence-electron chi connectivity index (χ1n) is 9.63. The number of halogens is 1. The third-order valence-corrected chi connectivity index (χ3v) is 6.36. The van der Waals surface area contributed by atoms with E-state index < -0.39 is 10.0 Å². The molecule has 2 aromatic carbocycles. The zero-order valence-corrected chi connectivity index (χ0v) is 18.5. The maximum atomic E-state index is 12.3. The number of benzene rings is 2. The quantitative estimate of drug-likeness (QED) is 0.665. The topological polar surface area (TPSA) is 84.9 Å². The van der Waals surface area contributed by atoms with Crippen LogP contribution in [0.4, 0.5) is 5.69 Å². The Labute approximate surface area is 182 Å². The van der Waals surface area contributed by atoms with Gasteiger partial charge in [-0.2, -0.15) is 0 Å². The number of nitrogens with zero attached hydrogens (tertiary/aromatic N) is 1. The number of sulfonamides is 1. The first-order chi connectivity index (χ1) is 14.3. The molecule has 1 N–H and O–H groups in total. The molecular weight excluding hydrogens is 428 g/mol. The molecule has 3 rings (SSSR count). The Hall–Kier alpha value is -2.45. The smallest absolute Gasteiger partial charge is 0.232 e. The van der Waals surface area contributed by atoms with Gasteiger partial charge in [0.2, 0.25) is 15.9 Å². The van der Waals surface area contributed by atoms with Crippen LogP contribution in [0.1, 0.15) is 18.4 Å². The molecule has 0 aliphatic carbocycles. The van der Waals surface area contributed by atoms with Crippen molar-refractivity contribution in [1.29, 1.82) is 0 Å². The summed E-state index contributed by atoms with van der Waals surface area (Å²) in [7, 11) is -3.51. The number of ether oxygens (including phenoxy) is 2. The van der Waals surface area contributed by atoms with E-state index in [4.69, 9.17) is 21.1 Å². The van der Waals surface area contributed by atoms with Crippen LogP contribution in [0.3, 0.4) is 0 Å². The standard InChI is InChI=1S/C21H25ClN2O5S/c1-15-17(22)7-5-8-18(15)24(30(2,26)27)12-6-11-21(25)23-13-16-14-28-19-9-3-4-10-20(19)29-16/h3-5,7-10,16H,6,11-14H2,1-2H3,(H,23,25)/t16-/m0/s1. The van der Waals surface area contributed by atoms with Crippen LogP contribution in [0.2, 0.25) is 5.02 Å². The van der Waals surface area contributed by atoms with E-state index in [1.807, 2.05) is 24.3 Å². The monoisotopic (exact) mass is 452 g/mol. The molecule has 0 spiro atoms. The second-order valence-corrected chi connectivity index (χ2v) is 9.44. The Morgan fingerprint density at radius 2 is 1.93 bits per heavy atom. The molecule has 9 heteroatoms. The Morgan fingerprint density at radius 3 is 2.67 bits per heavy atom. The van der Waals surface area contributed by atoms with Crippen LogP contribution in [0, 0.1) is 6.92 Å². The molecule has 0 fully saturated rings. The van der Waals surface area contributed by atoms with Gasteiger partial charge < -0.3 is 14.8 Å². The summed E-state index contributed by atoms with van der Waals surface area (Å²) in [6, 6.07) is 12.5. The summed E-state index contributed by atoms with van der Waals surface area (Å²) >= 11 is 6.13. The van der Waals surface area contributed by atoms with Crippen LogP contribution in [-0.2, 0) is 14.8 Å². The van der Waals surface area contributed by atoms with Crippen molar-refractivity contribution in [3.63, 3.8) is 0 Å². The van der Waals surface area contributed by atoms with Crippen LogP contribution < -0.4 is 19.1 Å². The molecule has 30 heavy (non-hydrogen) atoms. The number of anilines is 1. The average molecular weight is 453 g/mol. The summed E-state index contributed by atoms with van der Waals surface area (Å²) in [5, 5.41) is 3.32. The van der Waals surface area contributed by atoms with E-state index in [2.05, 4.69) is 5.32 Å². The number of amides is 1. The fourth-order valence-corrected chi connectivity index (χ4v) is 4.38. The van der Waals surface area contributed by atoms with E-state index in [0.717, 1.165) is 6.26 Å².